The molecule has 0 unspecified atom stereocenters. The van der Waals surface area contributed by atoms with Crippen LogP contribution in [0.25, 0.3) is 11.2 Å². The van der Waals surface area contributed by atoms with E-state index in [0.29, 0.717) is 23.4 Å². The molecule has 41 heavy (non-hydrogen) atoms. The number of nitrogens with one attached hydrogen (secondary N) is 2. The first-order valence-electron chi connectivity index (χ1n) is 14.4. The molecule has 0 saturated carbocycles. The second kappa shape index (κ2) is 15.6. The number of imidazole rings is 1. The summed E-state index contributed by atoms with van der Waals surface area (Å²) in [7, 11) is -3.74. The highest BCUT2D eigenvalue weighted by Gasteiger charge is 2.43. The van der Waals surface area contributed by atoms with Crippen LogP contribution in [0.4, 0.5) is 5.69 Å². The van der Waals surface area contributed by atoms with Crippen LogP contribution in [-0.4, -0.2) is 63.2 Å². The van der Waals surface area contributed by atoms with Gasteiger partial charge in [0, 0.05) is 6.20 Å². The second-order valence-electron chi connectivity index (χ2n) is 11.5. The largest absolute Gasteiger partial charge is 0.464 e. The highest BCUT2D eigenvalue weighted by Crippen LogP contribution is 2.42. The van der Waals surface area contributed by atoms with Crippen LogP contribution < -0.4 is 15.9 Å². The van der Waals surface area contributed by atoms with E-state index in [4.69, 9.17) is 19.9 Å². The Hall–Kier alpha value is -2.53. The second-order valence-corrected chi connectivity index (χ2v) is 13.7. The minimum atomic E-state index is -3.74. The SMILES string of the molecule is CCCCCOC(=O)C(C)(C)NP(=O)(CO[C@H](C)Cn1cnc2c(N)ccnc21)NC(C)(C)C(=O)OCCCCC. The minimum Gasteiger partial charge on any atom is -0.464 e. The smallest absolute Gasteiger partial charge is 0.326 e. The maximum atomic E-state index is 14.4. The number of nitrogen functional groups attached to an aromatic ring is 1. The molecular weight excluding hydrogens is 547 g/mol. The molecule has 0 aromatic carbocycles. The van der Waals surface area contributed by atoms with Crippen LogP contribution in [0.1, 0.15) is 87.0 Å². The average molecular weight is 597 g/mol. The number of fused-ring (bicyclic) bond motifs is 1. The number of hydrogen-bond donors (Lipinski definition) is 3. The summed E-state index contributed by atoms with van der Waals surface area (Å²) in [6, 6.07) is 1.68. The summed E-state index contributed by atoms with van der Waals surface area (Å²) in [4.78, 5) is 34.5. The Morgan fingerprint density at radius 3 is 2.02 bits per heavy atom. The molecular formula is C28H49N6O6P. The number of ether oxygens (including phenoxy) is 3. The number of unbranched alkanes of at least 4 members (excludes halogenated alkanes) is 4. The summed E-state index contributed by atoms with van der Waals surface area (Å²) >= 11 is 0. The van der Waals surface area contributed by atoms with E-state index in [-0.39, 0.29) is 19.6 Å². The number of aromatic nitrogens is 3. The van der Waals surface area contributed by atoms with Crippen LogP contribution in [0.2, 0.25) is 0 Å². The molecule has 0 aliphatic heterocycles. The van der Waals surface area contributed by atoms with Gasteiger partial charge in [-0.3, -0.25) is 14.2 Å². The Morgan fingerprint density at radius 1 is 0.976 bits per heavy atom. The monoisotopic (exact) mass is 596 g/mol. The zero-order valence-electron chi connectivity index (χ0n) is 25.7. The van der Waals surface area contributed by atoms with E-state index in [1.165, 1.54) is 0 Å². The first-order chi connectivity index (χ1) is 19.2. The van der Waals surface area contributed by atoms with Crippen molar-refractivity contribution in [2.75, 3.05) is 25.3 Å². The minimum absolute atomic E-state index is 0.274. The Labute approximate surface area is 244 Å². The first kappa shape index (κ1) is 34.7. The molecule has 0 aliphatic carbocycles. The summed E-state index contributed by atoms with van der Waals surface area (Å²) in [6.07, 6.45) is 7.85. The molecule has 232 valence electrons. The van der Waals surface area contributed by atoms with Gasteiger partial charge in [-0.2, -0.15) is 0 Å². The molecule has 0 aliphatic rings. The molecule has 4 N–H and O–H groups in total. The van der Waals surface area contributed by atoms with Crippen molar-refractivity contribution in [1.82, 2.24) is 24.7 Å². The third kappa shape index (κ3) is 10.7. The van der Waals surface area contributed by atoms with Gasteiger partial charge in [0.25, 0.3) is 0 Å². The Kier molecular flexibility index (Phi) is 13.2. The fourth-order valence-electron chi connectivity index (χ4n) is 4.16. The van der Waals surface area contributed by atoms with Crippen molar-refractivity contribution in [3.05, 3.63) is 18.6 Å². The Balaban J connectivity index is 2.17. The van der Waals surface area contributed by atoms with Crippen LogP contribution in [0.15, 0.2) is 18.6 Å². The summed E-state index contributed by atoms with van der Waals surface area (Å²) < 4.78 is 33.1. The lowest BCUT2D eigenvalue weighted by Gasteiger charge is -2.35. The van der Waals surface area contributed by atoms with Gasteiger partial charge in [0.05, 0.1) is 37.9 Å². The predicted octanol–water partition coefficient (Wildman–Crippen LogP) is 4.77. The number of carbonyl (C=O) groups excluding carboxylic acids is 2. The van der Waals surface area contributed by atoms with Gasteiger partial charge in [0.2, 0.25) is 7.44 Å². The predicted molar refractivity (Wildman–Crippen MR) is 160 cm³/mol. The summed E-state index contributed by atoms with van der Waals surface area (Å²) in [5.41, 5.74) is 5.06. The maximum absolute atomic E-state index is 14.4. The topological polar surface area (TPSA) is 160 Å². The van der Waals surface area contributed by atoms with Crippen molar-refractivity contribution in [2.24, 2.45) is 0 Å². The molecule has 0 radical (unpaired) electrons. The van der Waals surface area contributed by atoms with E-state index in [9.17, 15) is 14.2 Å². The molecule has 0 spiro atoms. The molecule has 2 heterocycles. The Bertz CT molecular complexity index is 1140. The van der Waals surface area contributed by atoms with Crippen LogP contribution in [0.3, 0.4) is 0 Å². The normalized spacial score (nSPS) is 13.3. The van der Waals surface area contributed by atoms with Crippen molar-refractivity contribution < 1.29 is 28.4 Å². The van der Waals surface area contributed by atoms with Gasteiger partial charge in [-0.05, 0) is 53.5 Å². The van der Waals surface area contributed by atoms with E-state index >= 15 is 0 Å². The van der Waals surface area contributed by atoms with E-state index in [1.54, 1.807) is 50.9 Å². The van der Waals surface area contributed by atoms with Crippen molar-refractivity contribution in [1.29, 1.82) is 0 Å². The summed E-state index contributed by atoms with van der Waals surface area (Å²) in [5, 5.41) is 5.88. The fraction of sp³-hybridized carbons (Fsp3) is 0.714. The highest BCUT2D eigenvalue weighted by atomic mass is 31.2. The zero-order valence-corrected chi connectivity index (χ0v) is 26.6. The van der Waals surface area contributed by atoms with Gasteiger partial charge >= 0.3 is 11.9 Å². The zero-order chi connectivity index (χ0) is 30.7. The van der Waals surface area contributed by atoms with Gasteiger partial charge in [-0.15, -0.1) is 0 Å². The van der Waals surface area contributed by atoms with E-state index in [0.717, 1.165) is 38.5 Å². The van der Waals surface area contributed by atoms with Crippen molar-refractivity contribution in [3.8, 4) is 0 Å². The highest BCUT2D eigenvalue weighted by molar-refractivity contribution is 7.59. The molecule has 1 atom stereocenters. The summed E-state index contributed by atoms with van der Waals surface area (Å²) in [6.45, 7) is 13.2. The van der Waals surface area contributed by atoms with Gasteiger partial charge in [0.1, 0.15) is 22.9 Å². The molecule has 0 bridgehead atoms. The number of rotatable bonds is 19. The van der Waals surface area contributed by atoms with E-state index < -0.39 is 36.6 Å². The number of nitrogens with two attached hydrogens (primary N) is 1. The van der Waals surface area contributed by atoms with Gasteiger partial charge in [-0.25, -0.2) is 20.1 Å². The fourth-order valence-corrected chi connectivity index (χ4v) is 6.80. The quantitative estimate of drug-likeness (QED) is 0.116. The van der Waals surface area contributed by atoms with Gasteiger partial charge in [-0.1, -0.05) is 39.5 Å². The number of anilines is 1. The third-order valence-electron chi connectivity index (χ3n) is 6.43. The van der Waals surface area contributed by atoms with Crippen LogP contribution in [-0.2, 0) is 34.9 Å². The number of hydrogen-bond acceptors (Lipinski definition) is 9. The standard InChI is InChI=1S/C28H49N6O6P/c1-8-10-12-16-38-25(35)27(4,5)32-41(37,33-28(6,7)26(36)39-17-13-11-9-2)20-40-21(3)18-34-19-31-23-22(29)14-15-30-24(23)34/h14-15,19,21H,8-13,16-18,20H2,1-7H3,(H2,29,30)(H2,32,33,37)/t21-/m1/s1. The molecule has 0 amide bonds. The lowest BCUT2D eigenvalue weighted by molar-refractivity contribution is -0.149. The first-order valence-corrected chi connectivity index (χ1v) is 16.3. The van der Waals surface area contributed by atoms with Crippen LogP contribution >= 0.6 is 7.44 Å². The summed E-state index contributed by atoms with van der Waals surface area (Å²) in [5.74, 6) is -1.09. The van der Waals surface area contributed by atoms with E-state index in [1.807, 2.05) is 6.92 Å². The van der Waals surface area contributed by atoms with Crippen LogP contribution in [0.5, 0.6) is 0 Å². The van der Waals surface area contributed by atoms with Gasteiger partial charge in [0.15, 0.2) is 5.65 Å². The third-order valence-corrected chi connectivity index (χ3v) is 8.79. The van der Waals surface area contributed by atoms with Crippen LogP contribution in [0, 0.1) is 0 Å². The molecule has 0 saturated heterocycles. The molecule has 2 aromatic heterocycles. The molecule has 12 nitrogen and oxygen atoms in total. The molecule has 2 aromatic rings. The lowest BCUT2D eigenvalue weighted by Crippen LogP contribution is -2.54. The molecule has 0 fully saturated rings. The van der Waals surface area contributed by atoms with Crippen molar-refractivity contribution in [3.63, 3.8) is 0 Å². The number of pyridine rings is 1. The van der Waals surface area contributed by atoms with Crippen molar-refractivity contribution in [2.45, 2.75) is 111 Å². The van der Waals surface area contributed by atoms with E-state index in [2.05, 4.69) is 34.0 Å². The van der Waals surface area contributed by atoms with Crippen molar-refractivity contribution >= 4 is 36.2 Å². The molecule has 2 rings (SSSR count). The maximum Gasteiger partial charge on any atom is 0.326 e. The number of esters is 2. The lowest BCUT2D eigenvalue weighted by atomic mass is 10.1. The molecule has 13 heteroatoms. The van der Waals surface area contributed by atoms with Gasteiger partial charge < -0.3 is 24.5 Å². The number of nitrogens with zero attached hydrogens (tertiary/aromatic N) is 3. The Morgan fingerprint density at radius 2 is 1.51 bits per heavy atom. The number of carbonyl (C=O) groups is 2. The average Bonchev–Trinajstić information content (AvgIpc) is 3.31.